The lowest BCUT2D eigenvalue weighted by Gasteiger charge is -2.36. The molecule has 1 unspecified atom stereocenters. The fraction of sp³-hybridized carbons (Fsp3) is 0.242. The van der Waals surface area contributed by atoms with Crippen LogP contribution in [0.4, 0.5) is 15.8 Å². The van der Waals surface area contributed by atoms with Crippen LogP contribution >= 0.6 is 0 Å². The molecule has 3 aromatic rings. The molecular formula is C33H32FN5O4. The number of benzene rings is 2. The molecule has 0 radical (unpaired) electrons. The van der Waals surface area contributed by atoms with Gasteiger partial charge >= 0.3 is 0 Å². The van der Waals surface area contributed by atoms with Crippen LogP contribution in [0, 0.1) is 5.82 Å². The molecule has 2 aliphatic rings. The van der Waals surface area contributed by atoms with E-state index in [2.05, 4.69) is 10.2 Å². The van der Waals surface area contributed by atoms with Gasteiger partial charge in [-0.3, -0.25) is 14.7 Å². The number of ether oxygens (including phenoxy) is 1. The van der Waals surface area contributed by atoms with Gasteiger partial charge in [-0.2, -0.15) is 5.10 Å². The lowest BCUT2D eigenvalue weighted by molar-refractivity contribution is -0.149. The zero-order valence-electron chi connectivity index (χ0n) is 24.2. The van der Waals surface area contributed by atoms with Crippen LogP contribution in [0.2, 0.25) is 0 Å². The van der Waals surface area contributed by atoms with E-state index in [1.54, 1.807) is 23.2 Å². The average molecular weight is 582 g/mol. The van der Waals surface area contributed by atoms with Gasteiger partial charge in [-0.15, -0.1) is 0 Å². The highest BCUT2D eigenvalue weighted by Crippen LogP contribution is 2.36. The van der Waals surface area contributed by atoms with Crippen LogP contribution in [0.1, 0.15) is 37.2 Å². The Morgan fingerprint density at radius 3 is 2.51 bits per heavy atom. The summed E-state index contributed by atoms with van der Waals surface area (Å²) in [5, 5.41) is 7.42. The monoisotopic (exact) mass is 581 g/mol. The molecule has 0 spiro atoms. The standard InChI is InChI=1S/C33H32FN5O4/c1-23(2)39(26-16-14-24(34)15-17-26)31(41)21-37-18-19-38(25-10-6-4-7-11-25)30(22-40)33(43-3,32(37)42)20-29-27-12-8-5-9-13-28(27)35-36-29/h4,6-19,23H,5,20-21H2,1-3H3,(H,35,36). The number of hydrogen-bond acceptors (Lipinski definition) is 6. The lowest BCUT2D eigenvalue weighted by atomic mass is 9.89. The van der Waals surface area contributed by atoms with Gasteiger partial charge in [0.2, 0.25) is 11.5 Å². The summed E-state index contributed by atoms with van der Waals surface area (Å²) in [6.07, 6.45) is 11.4. The third-order valence-electron chi connectivity index (χ3n) is 7.47. The largest absolute Gasteiger partial charge is 0.361 e. The SMILES string of the molecule is COC1(Cc2[nH]nc3c2C=CCC=C3)C(=O)N(CC(=O)N(c2ccc(F)cc2)C(C)C)C=CN(c2ccccc2)C1=C=O. The number of H-pyrrole nitrogens is 1. The smallest absolute Gasteiger partial charge is 0.266 e. The van der Waals surface area contributed by atoms with Crippen LogP contribution in [0.5, 0.6) is 0 Å². The number of nitrogens with one attached hydrogen (secondary N) is 1. The lowest BCUT2D eigenvalue weighted by Crippen LogP contribution is -2.55. The number of halogens is 1. The van der Waals surface area contributed by atoms with E-state index in [9.17, 15) is 18.8 Å². The van der Waals surface area contributed by atoms with Gasteiger partial charge in [-0.25, -0.2) is 9.18 Å². The van der Waals surface area contributed by atoms with E-state index < -0.39 is 23.2 Å². The number of aromatic nitrogens is 2. The van der Waals surface area contributed by atoms with E-state index in [0.717, 1.165) is 12.0 Å². The molecule has 0 fully saturated rings. The number of methoxy groups -OCH3 is 1. The maximum absolute atomic E-state index is 14.6. The minimum atomic E-state index is -1.88. The number of fused-ring (bicyclic) bond motifs is 1. The first-order valence-electron chi connectivity index (χ1n) is 13.9. The molecule has 1 N–H and O–H groups in total. The van der Waals surface area contributed by atoms with Crippen LogP contribution in [-0.4, -0.2) is 58.2 Å². The second kappa shape index (κ2) is 12.4. The van der Waals surface area contributed by atoms with Gasteiger partial charge < -0.3 is 19.4 Å². The zero-order chi connectivity index (χ0) is 30.6. The maximum Gasteiger partial charge on any atom is 0.266 e. The van der Waals surface area contributed by atoms with Crippen LogP contribution in [0.15, 0.2) is 84.8 Å². The topological polar surface area (TPSA) is 98.8 Å². The highest BCUT2D eigenvalue weighted by Gasteiger charge is 2.51. The minimum Gasteiger partial charge on any atom is -0.361 e. The number of nitrogens with zero attached hydrogens (tertiary/aromatic N) is 4. The molecule has 0 bridgehead atoms. The van der Waals surface area contributed by atoms with Crippen molar-refractivity contribution in [3.05, 3.63) is 108 Å². The fourth-order valence-electron chi connectivity index (χ4n) is 5.39. The number of rotatable bonds is 8. The Kier molecular flexibility index (Phi) is 8.52. The molecule has 43 heavy (non-hydrogen) atoms. The number of para-hydroxylation sites is 1. The van der Waals surface area contributed by atoms with Crippen molar-refractivity contribution in [2.45, 2.75) is 38.3 Å². The molecule has 2 aromatic carbocycles. The highest BCUT2D eigenvalue weighted by atomic mass is 19.1. The number of amides is 2. The normalized spacial score (nSPS) is 18.0. The van der Waals surface area contributed by atoms with Crippen LogP contribution in [0.25, 0.3) is 12.2 Å². The minimum absolute atomic E-state index is 0.0758. The van der Waals surface area contributed by atoms with Crippen molar-refractivity contribution in [3.63, 3.8) is 0 Å². The predicted molar refractivity (Wildman–Crippen MR) is 163 cm³/mol. The summed E-state index contributed by atoms with van der Waals surface area (Å²) in [7, 11) is 1.35. The van der Waals surface area contributed by atoms with Crippen LogP contribution in [0.3, 0.4) is 0 Å². The Labute approximate surface area is 249 Å². The molecule has 1 aliphatic heterocycles. The third kappa shape index (κ3) is 5.70. The number of allylic oxidation sites excluding steroid dienone is 2. The number of carbonyl (C=O) groups excluding carboxylic acids is 3. The van der Waals surface area contributed by atoms with Crippen molar-refractivity contribution in [2.75, 3.05) is 23.5 Å². The second-order valence-corrected chi connectivity index (χ2v) is 10.5. The number of carbonyl (C=O) groups is 2. The van der Waals surface area contributed by atoms with Gasteiger partial charge in [0.25, 0.3) is 5.91 Å². The molecule has 220 valence electrons. The average Bonchev–Trinajstić information content (AvgIpc) is 3.16. The van der Waals surface area contributed by atoms with Crippen LogP contribution < -0.4 is 9.80 Å². The van der Waals surface area contributed by atoms with Crippen molar-refractivity contribution in [3.8, 4) is 0 Å². The first kappa shape index (κ1) is 29.4. The molecule has 5 rings (SSSR count). The summed E-state index contributed by atoms with van der Waals surface area (Å²) in [5.74, 6) is 0.529. The Balaban J connectivity index is 1.59. The summed E-state index contributed by atoms with van der Waals surface area (Å²) in [6, 6.07) is 14.3. The third-order valence-corrected chi connectivity index (χ3v) is 7.47. The Morgan fingerprint density at radius 1 is 1.12 bits per heavy atom. The predicted octanol–water partition coefficient (Wildman–Crippen LogP) is 4.88. The van der Waals surface area contributed by atoms with E-state index >= 15 is 0 Å². The maximum atomic E-state index is 14.6. The summed E-state index contributed by atoms with van der Waals surface area (Å²) >= 11 is 0. The molecule has 10 heteroatoms. The molecule has 1 aliphatic carbocycles. The van der Waals surface area contributed by atoms with Gasteiger partial charge in [0, 0.05) is 54.6 Å². The molecular weight excluding hydrogens is 549 g/mol. The summed E-state index contributed by atoms with van der Waals surface area (Å²) < 4.78 is 19.7. The van der Waals surface area contributed by atoms with Gasteiger partial charge in [0.1, 0.15) is 18.3 Å². The van der Waals surface area contributed by atoms with Crippen molar-refractivity contribution in [1.82, 2.24) is 15.1 Å². The molecule has 1 aromatic heterocycles. The van der Waals surface area contributed by atoms with Crippen LogP contribution in [-0.2, 0) is 25.5 Å². The molecule has 0 saturated heterocycles. The highest BCUT2D eigenvalue weighted by molar-refractivity contribution is 6.01. The quantitative estimate of drug-likeness (QED) is 0.381. The summed E-state index contributed by atoms with van der Waals surface area (Å²) in [5.41, 5.74) is 1.18. The van der Waals surface area contributed by atoms with Gasteiger partial charge in [0.05, 0.1) is 5.69 Å². The fourth-order valence-corrected chi connectivity index (χ4v) is 5.39. The zero-order valence-corrected chi connectivity index (χ0v) is 24.2. The van der Waals surface area contributed by atoms with Crippen molar-refractivity contribution >= 4 is 41.3 Å². The number of aromatic amines is 1. The number of hydrogen-bond donors (Lipinski definition) is 1. The Morgan fingerprint density at radius 2 is 1.84 bits per heavy atom. The van der Waals surface area contributed by atoms with Crippen molar-refractivity contribution in [1.29, 1.82) is 0 Å². The first-order valence-corrected chi connectivity index (χ1v) is 13.9. The van der Waals surface area contributed by atoms with Crippen molar-refractivity contribution in [2.24, 2.45) is 0 Å². The van der Waals surface area contributed by atoms with Gasteiger partial charge in [-0.1, -0.05) is 36.4 Å². The molecule has 2 heterocycles. The first-order chi connectivity index (χ1) is 20.8. The summed E-state index contributed by atoms with van der Waals surface area (Å²) in [4.78, 5) is 45.4. The molecule has 9 nitrogen and oxygen atoms in total. The van der Waals surface area contributed by atoms with Gasteiger partial charge in [0.15, 0.2) is 5.70 Å². The van der Waals surface area contributed by atoms with E-state index in [1.165, 1.54) is 47.4 Å². The molecule has 0 saturated carbocycles. The van der Waals surface area contributed by atoms with E-state index in [-0.39, 0.29) is 24.7 Å². The number of anilines is 2. The van der Waals surface area contributed by atoms with Crippen molar-refractivity contribution < 1.29 is 23.5 Å². The summed E-state index contributed by atoms with van der Waals surface area (Å²) in [6.45, 7) is 3.29. The molecule has 2 amide bonds. The molecule has 1 atom stereocenters. The van der Waals surface area contributed by atoms with E-state index in [0.29, 0.717) is 22.8 Å². The van der Waals surface area contributed by atoms with E-state index in [4.69, 9.17) is 4.74 Å². The Hall–Kier alpha value is -5.05. The Bertz CT molecular complexity index is 1640. The van der Waals surface area contributed by atoms with Gasteiger partial charge in [-0.05, 0) is 62.7 Å². The second-order valence-electron chi connectivity index (χ2n) is 10.5. The van der Waals surface area contributed by atoms with E-state index in [1.807, 2.05) is 62.3 Å².